The molecule has 1 unspecified atom stereocenters. The Labute approximate surface area is 150 Å². The Morgan fingerprint density at radius 3 is 3.00 bits per heavy atom. The molecule has 0 saturated carbocycles. The van der Waals surface area contributed by atoms with Gasteiger partial charge in [0.15, 0.2) is 5.82 Å². The van der Waals surface area contributed by atoms with E-state index in [9.17, 15) is 14.9 Å². The van der Waals surface area contributed by atoms with Gasteiger partial charge in [-0.25, -0.2) is 0 Å². The van der Waals surface area contributed by atoms with E-state index in [1.807, 2.05) is 0 Å². The first-order chi connectivity index (χ1) is 12.0. The molecule has 0 aromatic carbocycles. The fourth-order valence-corrected chi connectivity index (χ4v) is 2.84. The Morgan fingerprint density at radius 2 is 2.36 bits per heavy atom. The van der Waals surface area contributed by atoms with Gasteiger partial charge in [-0.3, -0.25) is 4.79 Å². The highest BCUT2D eigenvalue weighted by Gasteiger charge is 2.25. The van der Waals surface area contributed by atoms with Gasteiger partial charge < -0.3 is 24.7 Å². The predicted octanol–water partition coefficient (Wildman–Crippen LogP) is 1.20. The lowest BCUT2D eigenvalue weighted by Crippen LogP contribution is -2.31. The van der Waals surface area contributed by atoms with Gasteiger partial charge in [0, 0.05) is 13.2 Å². The zero-order valence-corrected chi connectivity index (χ0v) is 14.9. The van der Waals surface area contributed by atoms with Crippen LogP contribution in [0.1, 0.15) is 35.0 Å². The summed E-state index contributed by atoms with van der Waals surface area (Å²) in [5.74, 6) is -0.768. The van der Waals surface area contributed by atoms with Gasteiger partial charge in [-0.2, -0.15) is 9.67 Å². The predicted molar refractivity (Wildman–Crippen MR) is 86.0 cm³/mol. The van der Waals surface area contributed by atoms with E-state index in [1.165, 1.54) is 4.68 Å². The van der Waals surface area contributed by atoms with Crippen molar-refractivity contribution in [3.63, 3.8) is 0 Å². The van der Waals surface area contributed by atoms with E-state index in [1.54, 1.807) is 6.92 Å². The van der Waals surface area contributed by atoms with Gasteiger partial charge in [-0.1, -0.05) is 5.16 Å². The Balaban J connectivity index is 1.64. The molecule has 2 aromatic rings. The van der Waals surface area contributed by atoms with E-state index in [2.05, 4.69) is 36.5 Å². The van der Waals surface area contributed by atoms with Crippen LogP contribution in [0.4, 0.5) is 5.82 Å². The molecule has 11 nitrogen and oxygen atoms in total. The van der Waals surface area contributed by atoms with Crippen molar-refractivity contribution in [2.24, 2.45) is 0 Å². The first kappa shape index (κ1) is 17.5. The average Bonchev–Trinajstić information content (AvgIpc) is 3.30. The monoisotopic (exact) mass is 414 g/mol. The molecule has 0 spiro atoms. The minimum Gasteiger partial charge on any atom is -0.376 e. The first-order valence-corrected chi connectivity index (χ1v) is 8.34. The summed E-state index contributed by atoms with van der Waals surface area (Å²) in [5, 5.41) is 21.2. The van der Waals surface area contributed by atoms with Crippen molar-refractivity contribution in [2.75, 3.05) is 13.2 Å². The quantitative estimate of drug-likeness (QED) is 0.549. The fraction of sp³-hybridized carbons (Fsp3) is 0.538. The van der Waals surface area contributed by atoms with Crippen molar-refractivity contribution in [2.45, 2.75) is 32.4 Å². The van der Waals surface area contributed by atoms with E-state index in [0.29, 0.717) is 18.8 Å². The Morgan fingerprint density at radius 1 is 1.56 bits per heavy atom. The van der Waals surface area contributed by atoms with Crippen LogP contribution < -0.4 is 5.32 Å². The molecule has 1 atom stereocenters. The SMILES string of the molecule is Cc1c(Br)c([N+](=O)[O-])nn1Cc1noc(C(=O)NCC2CCCO2)n1. The van der Waals surface area contributed by atoms with Crippen LogP contribution in [0.25, 0.3) is 0 Å². The zero-order valence-electron chi connectivity index (χ0n) is 13.3. The van der Waals surface area contributed by atoms with Crippen molar-refractivity contribution in [3.8, 4) is 0 Å². The largest absolute Gasteiger partial charge is 0.404 e. The average molecular weight is 415 g/mol. The van der Waals surface area contributed by atoms with Crippen LogP contribution in [0, 0.1) is 17.0 Å². The summed E-state index contributed by atoms with van der Waals surface area (Å²) in [4.78, 5) is 26.3. The van der Waals surface area contributed by atoms with Crippen molar-refractivity contribution >= 4 is 27.7 Å². The van der Waals surface area contributed by atoms with Gasteiger partial charge in [-0.15, -0.1) is 0 Å². The highest BCUT2D eigenvalue weighted by Crippen LogP contribution is 2.27. The molecule has 2 aromatic heterocycles. The molecule has 134 valence electrons. The van der Waals surface area contributed by atoms with E-state index >= 15 is 0 Å². The van der Waals surface area contributed by atoms with Crippen LogP contribution in [0.2, 0.25) is 0 Å². The Kier molecular flexibility index (Phi) is 5.08. The molecular formula is C13H15BrN6O5. The molecule has 1 amide bonds. The number of nitrogens with one attached hydrogen (secondary N) is 1. The number of hydrogen-bond acceptors (Lipinski definition) is 8. The lowest BCUT2D eigenvalue weighted by Gasteiger charge is -2.08. The molecule has 0 radical (unpaired) electrons. The van der Waals surface area contributed by atoms with Gasteiger partial charge in [0.1, 0.15) is 11.0 Å². The Hall–Kier alpha value is -2.34. The van der Waals surface area contributed by atoms with Gasteiger partial charge in [0.2, 0.25) is 0 Å². The highest BCUT2D eigenvalue weighted by molar-refractivity contribution is 9.10. The van der Waals surface area contributed by atoms with Crippen LogP contribution in [-0.2, 0) is 11.3 Å². The molecule has 1 N–H and O–H groups in total. The second kappa shape index (κ2) is 7.27. The van der Waals surface area contributed by atoms with Crippen molar-refractivity contribution in [1.82, 2.24) is 25.2 Å². The molecule has 1 fully saturated rings. The molecule has 0 bridgehead atoms. The summed E-state index contributed by atoms with van der Waals surface area (Å²) in [6.07, 6.45) is 1.90. The zero-order chi connectivity index (χ0) is 18.0. The lowest BCUT2D eigenvalue weighted by atomic mass is 10.2. The van der Waals surface area contributed by atoms with Crippen LogP contribution in [0.15, 0.2) is 9.00 Å². The summed E-state index contributed by atoms with van der Waals surface area (Å²) >= 11 is 3.13. The number of nitro groups is 1. The number of carbonyl (C=O) groups excluding carboxylic acids is 1. The lowest BCUT2D eigenvalue weighted by molar-refractivity contribution is -0.390. The molecule has 3 rings (SSSR count). The smallest absolute Gasteiger partial charge is 0.376 e. The third-order valence-electron chi connectivity index (χ3n) is 3.76. The van der Waals surface area contributed by atoms with Crippen molar-refractivity contribution in [3.05, 3.63) is 32.0 Å². The standard InChI is InChI=1S/C13H15BrN6O5/c1-7-10(14)11(20(22)23)17-19(7)6-9-16-13(25-18-9)12(21)15-5-8-3-2-4-24-8/h8H,2-6H2,1H3,(H,15,21). The minimum atomic E-state index is -0.590. The van der Waals surface area contributed by atoms with Crippen molar-refractivity contribution < 1.29 is 19.0 Å². The van der Waals surface area contributed by atoms with Crippen LogP contribution >= 0.6 is 15.9 Å². The molecule has 1 aliphatic rings. The number of aromatic nitrogens is 4. The summed E-state index contributed by atoms with van der Waals surface area (Å²) < 4.78 is 12.0. The summed E-state index contributed by atoms with van der Waals surface area (Å²) in [6, 6.07) is 0. The van der Waals surface area contributed by atoms with Gasteiger partial charge in [0.25, 0.3) is 0 Å². The van der Waals surface area contributed by atoms with Gasteiger partial charge >= 0.3 is 17.6 Å². The molecule has 25 heavy (non-hydrogen) atoms. The van der Waals surface area contributed by atoms with E-state index in [0.717, 1.165) is 12.8 Å². The fourth-order valence-electron chi connectivity index (χ4n) is 2.41. The summed E-state index contributed by atoms with van der Waals surface area (Å²) in [6.45, 7) is 2.80. The third-order valence-corrected chi connectivity index (χ3v) is 4.69. The number of ether oxygens (including phenoxy) is 1. The molecule has 12 heteroatoms. The van der Waals surface area contributed by atoms with Crippen LogP contribution in [0.5, 0.6) is 0 Å². The van der Waals surface area contributed by atoms with E-state index < -0.39 is 10.8 Å². The number of rotatable bonds is 6. The number of amides is 1. The maximum atomic E-state index is 12.0. The molecular weight excluding hydrogens is 400 g/mol. The highest BCUT2D eigenvalue weighted by atomic mass is 79.9. The summed E-state index contributed by atoms with van der Waals surface area (Å²) in [5.41, 5.74) is 0.542. The molecule has 1 saturated heterocycles. The number of hydrogen-bond donors (Lipinski definition) is 1. The number of carbonyl (C=O) groups is 1. The van der Waals surface area contributed by atoms with E-state index in [-0.39, 0.29) is 34.7 Å². The van der Waals surface area contributed by atoms with Crippen LogP contribution in [0.3, 0.4) is 0 Å². The first-order valence-electron chi connectivity index (χ1n) is 7.55. The molecule has 1 aliphatic heterocycles. The normalized spacial score (nSPS) is 17.0. The van der Waals surface area contributed by atoms with Gasteiger partial charge in [0.05, 0.1) is 16.9 Å². The number of nitrogens with zero attached hydrogens (tertiary/aromatic N) is 5. The Bertz CT molecular complexity index is 797. The van der Waals surface area contributed by atoms with E-state index in [4.69, 9.17) is 9.26 Å². The molecule has 3 heterocycles. The van der Waals surface area contributed by atoms with Crippen LogP contribution in [-0.4, -0.2) is 50.0 Å². The van der Waals surface area contributed by atoms with Crippen molar-refractivity contribution in [1.29, 1.82) is 0 Å². The maximum Gasteiger partial charge on any atom is 0.404 e. The second-order valence-electron chi connectivity index (χ2n) is 5.50. The topological polar surface area (TPSA) is 138 Å². The number of halogens is 1. The minimum absolute atomic E-state index is 0.0102. The summed E-state index contributed by atoms with van der Waals surface area (Å²) in [7, 11) is 0. The van der Waals surface area contributed by atoms with Gasteiger partial charge in [-0.05, 0) is 40.6 Å². The third kappa shape index (κ3) is 3.85. The maximum absolute atomic E-state index is 12.0. The second-order valence-corrected chi connectivity index (χ2v) is 6.29. The molecule has 0 aliphatic carbocycles.